The summed E-state index contributed by atoms with van der Waals surface area (Å²) in [7, 11) is 0. The van der Waals surface area contributed by atoms with Gasteiger partial charge < -0.3 is 0 Å². The van der Waals surface area contributed by atoms with Crippen LogP contribution in [0.15, 0.2) is 146 Å². The Balaban J connectivity index is 0.000000449. The normalized spacial score (nSPS) is 10.4. The number of hydrogen-bond donors (Lipinski definition) is 0. The van der Waals surface area contributed by atoms with Crippen LogP contribution in [-0.4, -0.2) is 0 Å². The fraction of sp³-hybridized carbons (Fsp3) is 0.156. The number of fused-ring (bicyclic) bond motifs is 2. The molecule has 0 N–H and O–H groups in total. The fourth-order valence-electron chi connectivity index (χ4n) is 5.86. The van der Waals surface area contributed by atoms with Gasteiger partial charge in [0, 0.05) is 0 Å². The Morgan fingerprint density at radius 1 is 0.347 bits per heavy atom. The molecule has 0 aliphatic carbocycles. The molecular weight excluding hydrogens is 697 g/mol. The molecule has 49 heavy (non-hydrogen) atoms. The molecule has 224 valence electrons. The van der Waals surface area contributed by atoms with Crippen molar-refractivity contribution in [2.75, 3.05) is 0 Å². The third-order valence-electron chi connectivity index (χ3n) is 8.91. The molecular formula is C45H40K4. The van der Waals surface area contributed by atoms with Crippen LogP contribution < -0.4 is 206 Å². The van der Waals surface area contributed by atoms with Crippen molar-refractivity contribution in [3.05, 3.63) is 192 Å². The van der Waals surface area contributed by atoms with Crippen molar-refractivity contribution in [1.82, 2.24) is 0 Å². The molecule has 7 aromatic rings. The van der Waals surface area contributed by atoms with Gasteiger partial charge in [-0.3, -0.25) is 0 Å². The molecule has 0 atom stereocenters. The SMILES string of the molecule is C.CC(C)(c1cc[c-]cc1)c1ccc(C(C)(C)c2cc[c-]cc2)cc1.[K+].[K+].[K+].[K+].[c-]1ccc2cc(-c3ccc4c[c-]ccc4c3)ccc2c1. The average molecular weight is 737 g/mol. The van der Waals surface area contributed by atoms with E-state index < -0.39 is 0 Å². The third kappa shape index (κ3) is 12.3. The van der Waals surface area contributed by atoms with E-state index in [1.807, 2.05) is 48.5 Å². The Morgan fingerprint density at radius 3 is 1.00 bits per heavy atom. The zero-order valence-electron chi connectivity index (χ0n) is 29.9. The molecule has 0 fully saturated rings. The first-order valence-corrected chi connectivity index (χ1v) is 15.2. The second kappa shape index (κ2) is 22.9. The molecule has 0 spiro atoms. The monoisotopic (exact) mass is 736 g/mol. The van der Waals surface area contributed by atoms with Crippen LogP contribution in [0.25, 0.3) is 32.7 Å². The van der Waals surface area contributed by atoms with Crippen LogP contribution in [-0.2, 0) is 10.8 Å². The maximum Gasteiger partial charge on any atom is 1.00 e. The van der Waals surface area contributed by atoms with Crippen molar-refractivity contribution in [2.24, 2.45) is 0 Å². The predicted molar refractivity (Wildman–Crippen MR) is 193 cm³/mol. The number of rotatable bonds is 5. The topological polar surface area (TPSA) is 0 Å². The molecule has 0 aliphatic heterocycles. The van der Waals surface area contributed by atoms with Crippen LogP contribution in [0.5, 0.6) is 0 Å². The minimum Gasteiger partial charge on any atom is -0.184 e. The van der Waals surface area contributed by atoms with Gasteiger partial charge in [-0.2, -0.15) is 109 Å². The molecule has 0 unspecified atom stereocenters. The minimum absolute atomic E-state index is 0. The van der Waals surface area contributed by atoms with E-state index in [0.29, 0.717) is 0 Å². The Kier molecular flexibility index (Phi) is 22.7. The molecule has 0 amide bonds. The van der Waals surface area contributed by atoms with Gasteiger partial charge in [0.2, 0.25) is 0 Å². The third-order valence-corrected chi connectivity index (χ3v) is 8.91. The number of benzene rings is 7. The number of hydrogen-bond acceptors (Lipinski definition) is 0. The van der Waals surface area contributed by atoms with Crippen molar-refractivity contribution < 1.29 is 206 Å². The first-order chi connectivity index (χ1) is 21.3. The van der Waals surface area contributed by atoms with E-state index in [4.69, 9.17) is 0 Å². The van der Waals surface area contributed by atoms with Crippen molar-refractivity contribution in [1.29, 1.82) is 0 Å². The van der Waals surface area contributed by atoms with Gasteiger partial charge in [0.25, 0.3) is 0 Å². The maximum absolute atomic E-state index is 3.12. The molecule has 0 saturated heterocycles. The maximum atomic E-state index is 3.12. The first kappa shape index (κ1) is 48.6. The molecule has 7 rings (SSSR count). The van der Waals surface area contributed by atoms with Crippen LogP contribution in [0.4, 0.5) is 0 Å². The van der Waals surface area contributed by atoms with Gasteiger partial charge in [0.15, 0.2) is 0 Å². The Morgan fingerprint density at radius 2 is 0.653 bits per heavy atom. The molecule has 0 saturated carbocycles. The van der Waals surface area contributed by atoms with E-state index in [-0.39, 0.29) is 224 Å². The molecule has 0 heterocycles. The second-order valence-electron chi connectivity index (χ2n) is 12.4. The largest absolute Gasteiger partial charge is 1.00 e. The van der Waals surface area contributed by atoms with E-state index in [9.17, 15) is 0 Å². The summed E-state index contributed by atoms with van der Waals surface area (Å²) >= 11 is 0. The zero-order valence-corrected chi connectivity index (χ0v) is 42.3. The molecule has 7 aromatic carbocycles. The van der Waals surface area contributed by atoms with Gasteiger partial charge in [0.05, 0.1) is 0 Å². The quantitative estimate of drug-likeness (QED) is 0.171. The van der Waals surface area contributed by atoms with E-state index in [1.54, 1.807) is 0 Å². The summed E-state index contributed by atoms with van der Waals surface area (Å²) in [6.45, 7) is 9.09. The Bertz CT molecular complexity index is 1850. The van der Waals surface area contributed by atoms with E-state index in [0.717, 1.165) is 0 Å². The fourth-order valence-corrected chi connectivity index (χ4v) is 5.86. The Labute approximate surface area is 465 Å². The van der Waals surface area contributed by atoms with Crippen LogP contribution in [0.3, 0.4) is 0 Å². The van der Waals surface area contributed by atoms with Crippen LogP contribution in [0, 0.1) is 24.3 Å². The van der Waals surface area contributed by atoms with Gasteiger partial charge in [-0.25, -0.2) is 0 Å². The summed E-state index contributed by atoms with van der Waals surface area (Å²) in [6.07, 6.45) is 0. The first-order valence-electron chi connectivity index (χ1n) is 15.2. The summed E-state index contributed by atoms with van der Waals surface area (Å²) in [4.78, 5) is 0. The van der Waals surface area contributed by atoms with E-state index in [1.165, 1.54) is 54.9 Å². The van der Waals surface area contributed by atoms with Crippen molar-refractivity contribution in [3.8, 4) is 11.1 Å². The summed E-state index contributed by atoms with van der Waals surface area (Å²) in [5.41, 5.74) is 7.75. The van der Waals surface area contributed by atoms with Gasteiger partial charge in [0.1, 0.15) is 0 Å². The molecule has 0 aliphatic rings. The van der Waals surface area contributed by atoms with Gasteiger partial charge in [-0.05, 0) is 33.1 Å². The van der Waals surface area contributed by atoms with Gasteiger partial charge in [-0.1, -0.05) is 83.7 Å². The van der Waals surface area contributed by atoms with Crippen LogP contribution in [0.2, 0.25) is 0 Å². The summed E-state index contributed by atoms with van der Waals surface area (Å²) < 4.78 is 0. The predicted octanol–water partition coefficient (Wildman–Crippen LogP) is -0.149. The molecule has 0 aromatic heterocycles. The van der Waals surface area contributed by atoms with Crippen molar-refractivity contribution >= 4 is 21.5 Å². The van der Waals surface area contributed by atoms with Gasteiger partial charge >= 0.3 is 206 Å². The molecule has 0 nitrogen and oxygen atoms in total. The summed E-state index contributed by atoms with van der Waals surface area (Å²) in [5, 5.41) is 4.96. The Hall–Kier alpha value is 1.61. The van der Waals surface area contributed by atoms with Crippen LogP contribution in [0.1, 0.15) is 57.4 Å². The molecule has 0 bridgehead atoms. The van der Waals surface area contributed by atoms with Crippen molar-refractivity contribution in [3.63, 3.8) is 0 Å². The summed E-state index contributed by atoms with van der Waals surface area (Å²) in [6, 6.07) is 63.4. The van der Waals surface area contributed by atoms with Crippen molar-refractivity contribution in [2.45, 2.75) is 46.0 Å². The smallest absolute Gasteiger partial charge is 0.184 e. The van der Waals surface area contributed by atoms with Gasteiger partial charge in [-0.15, -0.1) is 44.8 Å². The average Bonchev–Trinajstić information content (AvgIpc) is 3.09. The van der Waals surface area contributed by atoms with Crippen LogP contribution >= 0.6 is 0 Å². The standard InChI is InChI=1S/C24H24.C20H12.CH4.4K/c1-23(2,19-11-7-5-8-12-19)21-15-17-22(18-16-21)24(3,4)20-13-9-6-10-14-20;1-3-7-17-13-19(11-9-15(17)5-1)20-12-10-16-6-2-4-8-18(16)14-20;;;;;/h7-18H,1-4H3;3-14H;1H4;;;;/q2*-2;;4*+1. The minimum atomic E-state index is -0.0144. The zero-order chi connectivity index (χ0) is 30.6. The molecule has 0 radical (unpaired) electrons. The second-order valence-corrected chi connectivity index (χ2v) is 12.4. The van der Waals surface area contributed by atoms with E-state index >= 15 is 0 Å². The molecule has 4 heteroatoms. The van der Waals surface area contributed by atoms with E-state index in [2.05, 4.69) is 149 Å². The summed E-state index contributed by atoms with van der Waals surface area (Å²) in [5.74, 6) is 0.